The van der Waals surface area contributed by atoms with Gasteiger partial charge >= 0.3 is 0 Å². The van der Waals surface area contributed by atoms with E-state index in [1.807, 2.05) is 12.3 Å². The van der Waals surface area contributed by atoms with Gasteiger partial charge in [-0.05, 0) is 30.9 Å². The molecule has 1 aliphatic carbocycles. The van der Waals surface area contributed by atoms with Crippen molar-refractivity contribution in [3.8, 4) is 5.75 Å². The van der Waals surface area contributed by atoms with E-state index >= 15 is 0 Å². The van der Waals surface area contributed by atoms with Crippen molar-refractivity contribution in [2.24, 2.45) is 5.73 Å². The number of hydrogen-bond acceptors (Lipinski definition) is 3. The zero-order valence-electron chi connectivity index (χ0n) is 9.55. The first kappa shape index (κ1) is 11.7. The maximum atomic E-state index is 12.9. The van der Waals surface area contributed by atoms with Crippen LogP contribution in [0.5, 0.6) is 5.75 Å². The predicted octanol–water partition coefficient (Wildman–Crippen LogP) is 2.49. The zero-order chi connectivity index (χ0) is 11.7. The highest BCUT2D eigenvalue weighted by Gasteiger charge is 2.32. The molecular formula is C12H16FNOS. The van der Waals surface area contributed by atoms with Gasteiger partial charge in [0, 0.05) is 21.9 Å². The Kier molecular flexibility index (Phi) is 3.40. The SMILES string of the molecule is COc1cc(CF)c(SC)c2c1C(CN)C2. The first-order valence-corrected chi connectivity index (χ1v) is 6.51. The van der Waals surface area contributed by atoms with Crippen molar-refractivity contribution in [1.82, 2.24) is 0 Å². The quantitative estimate of drug-likeness (QED) is 0.823. The maximum Gasteiger partial charge on any atom is 0.123 e. The van der Waals surface area contributed by atoms with Gasteiger partial charge in [-0.15, -0.1) is 11.8 Å². The Morgan fingerprint density at radius 1 is 1.62 bits per heavy atom. The highest BCUT2D eigenvalue weighted by molar-refractivity contribution is 7.98. The lowest BCUT2D eigenvalue weighted by atomic mass is 9.76. The van der Waals surface area contributed by atoms with Gasteiger partial charge < -0.3 is 10.5 Å². The average Bonchev–Trinajstić information content (AvgIpc) is 2.29. The number of thioether (sulfide) groups is 1. The largest absolute Gasteiger partial charge is 0.496 e. The minimum absolute atomic E-state index is 0.379. The van der Waals surface area contributed by atoms with E-state index < -0.39 is 6.67 Å². The molecule has 1 aromatic carbocycles. The second-order valence-electron chi connectivity index (χ2n) is 3.93. The van der Waals surface area contributed by atoms with Gasteiger partial charge in [-0.2, -0.15) is 0 Å². The second-order valence-corrected chi connectivity index (χ2v) is 4.75. The summed E-state index contributed by atoms with van der Waals surface area (Å²) in [6.07, 6.45) is 2.93. The molecule has 0 saturated carbocycles. The molecule has 0 saturated heterocycles. The van der Waals surface area contributed by atoms with Crippen LogP contribution in [0.15, 0.2) is 11.0 Å². The van der Waals surface area contributed by atoms with E-state index in [9.17, 15) is 4.39 Å². The van der Waals surface area contributed by atoms with Crippen LogP contribution in [0.25, 0.3) is 0 Å². The number of ether oxygens (including phenoxy) is 1. The highest BCUT2D eigenvalue weighted by Crippen LogP contribution is 2.47. The van der Waals surface area contributed by atoms with Gasteiger partial charge in [0.1, 0.15) is 12.4 Å². The van der Waals surface area contributed by atoms with Crippen molar-refractivity contribution in [3.05, 3.63) is 22.8 Å². The van der Waals surface area contributed by atoms with Crippen LogP contribution in [0.2, 0.25) is 0 Å². The molecule has 4 heteroatoms. The van der Waals surface area contributed by atoms with Crippen LogP contribution in [-0.4, -0.2) is 19.9 Å². The average molecular weight is 241 g/mol. The summed E-state index contributed by atoms with van der Waals surface area (Å²) in [7, 11) is 1.63. The molecule has 1 aromatic rings. The Bertz CT molecular complexity index is 408. The molecule has 0 amide bonds. The molecule has 0 bridgehead atoms. The molecule has 1 aliphatic rings. The standard InChI is InChI=1S/C12H16FNOS/c1-15-10-4-7(5-13)12(16-2)9-3-8(6-14)11(9)10/h4,8H,3,5-6,14H2,1-2H3. The molecule has 2 rings (SSSR count). The summed E-state index contributed by atoms with van der Waals surface area (Å²) in [5.74, 6) is 1.17. The third-order valence-corrected chi connectivity index (χ3v) is 4.09. The Morgan fingerprint density at radius 3 is 2.88 bits per heavy atom. The maximum absolute atomic E-state index is 12.9. The molecule has 2 nitrogen and oxygen atoms in total. The number of fused-ring (bicyclic) bond motifs is 1. The molecule has 0 aliphatic heterocycles. The fourth-order valence-corrected chi connectivity index (χ4v) is 3.17. The van der Waals surface area contributed by atoms with Gasteiger partial charge in [0.25, 0.3) is 0 Å². The Labute approximate surface area is 99.4 Å². The monoisotopic (exact) mass is 241 g/mol. The number of benzene rings is 1. The van der Waals surface area contributed by atoms with Crippen LogP contribution in [-0.2, 0) is 13.1 Å². The van der Waals surface area contributed by atoms with Crippen molar-refractivity contribution < 1.29 is 9.13 Å². The fraction of sp³-hybridized carbons (Fsp3) is 0.500. The topological polar surface area (TPSA) is 35.2 Å². The third-order valence-electron chi connectivity index (χ3n) is 3.17. The zero-order valence-corrected chi connectivity index (χ0v) is 10.4. The molecule has 16 heavy (non-hydrogen) atoms. The molecule has 1 unspecified atom stereocenters. The third kappa shape index (κ3) is 1.60. The number of hydrogen-bond donors (Lipinski definition) is 1. The van der Waals surface area contributed by atoms with Crippen molar-refractivity contribution in [3.63, 3.8) is 0 Å². The van der Waals surface area contributed by atoms with Crippen LogP contribution < -0.4 is 10.5 Å². The summed E-state index contributed by atoms with van der Waals surface area (Å²) in [6.45, 7) is 0.194. The molecule has 2 N–H and O–H groups in total. The lowest BCUT2D eigenvalue weighted by Crippen LogP contribution is -2.26. The second kappa shape index (κ2) is 4.63. The van der Waals surface area contributed by atoms with Crippen molar-refractivity contribution in [1.29, 1.82) is 0 Å². The molecular weight excluding hydrogens is 225 g/mol. The molecule has 0 heterocycles. The lowest BCUT2D eigenvalue weighted by molar-refractivity contribution is 0.391. The van der Waals surface area contributed by atoms with E-state index in [-0.39, 0.29) is 0 Å². The van der Waals surface area contributed by atoms with Crippen LogP contribution >= 0.6 is 11.8 Å². The van der Waals surface area contributed by atoms with Gasteiger partial charge in [-0.3, -0.25) is 0 Å². The number of halogens is 1. The minimum Gasteiger partial charge on any atom is -0.496 e. The van der Waals surface area contributed by atoms with Crippen LogP contribution in [0, 0.1) is 0 Å². The van der Waals surface area contributed by atoms with E-state index in [0.717, 1.165) is 22.6 Å². The van der Waals surface area contributed by atoms with Gasteiger partial charge in [0.2, 0.25) is 0 Å². The van der Waals surface area contributed by atoms with E-state index in [1.54, 1.807) is 18.9 Å². The smallest absolute Gasteiger partial charge is 0.123 e. The van der Waals surface area contributed by atoms with Crippen LogP contribution in [0.1, 0.15) is 22.6 Å². The molecule has 0 fully saturated rings. The summed E-state index contributed by atoms with van der Waals surface area (Å²) in [5, 5.41) is 0. The van der Waals surface area contributed by atoms with Gasteiger partial charge in [0.15, 0.2) is 0 Å². The molecule has 1 atom stereocenters. The number of methoxy groups -OCH3 is 1. The fourth-order valence-electron chi connectivity index (χ4n) is 2.36. The molecule has 0 radical (unpaired) electrons. The minimum atomic E-state index is -0.437. The molecule has 0 aromatic heterocycles. The summed E-state index contributed by atoms with van der Waals surface area (Å²) >= 11 is 1.61. The Balaban J connectivity index is 2.54. The summed E-state index contributed by atoms with van der Waals surface area (Å²) in [6, 6.07) is 1.81. The number of alkyl halides is 1. The van der Waals surface area contributed by atoms with Crippen molar-refractivity contribution in [2.75, 3.05) is 19.9 Å². The predicted molar refractivity (Wildman–Crippen MR) is 65.1 cm³/mol. The first-order chi connectivity index (χ1) is 7.76. The summed E-state index contributed by atoms with van der Waals surface area (Å²) in [4.78, 5) is 1.07. The Hall–Kier alpha value is -0.740. The highest BCUT2D eigenvalue weighted by atomic mass is 32.2. The van der Waals surface area contributed by atoms with E-state index in [2.05, 4.69) is 0 Å². The van der Waals surface area contributed by atoms with Crippen LogP contribution in [0.3, 0.4) is 0 Å². The van der Waals surface area contributed by atoms with E-state index in [1.165, 1.54) is 11.1 Å². The lowest BCUT2D eigenvalue weighted by Gasteiger charge is -2.33. The Morgan fingerprint density at radius 2 is 2.38 bits per heavy atom. The number of nitrogens with two attached hydrogens (primary N) is 1. The van der Waals surface area contributed by atoms with E-state index in [4.69, 9.17) is 10.5 Å². The first-order valence-electron chi connectivity index (χ1n) is 5.29. The normalized spacial score (nSPS) is 17.9. The summed E-state index contributed by atoms with van der Waals surface area (Å²) < 4.78 is 18.2. The van der Waals surface area contributed by atoms with Crippen LogP contribution in [0.4, 0.5) is 4.39 Å². The molecule has 88 valence electrons. The summed E-state index contributed by atoms with van der Waals surface area (Å²) in [5.41, 5.74) is 8.85. The van der Waals surface area contributed by atoms with Crippen molar-refractivity contribution in [2.45, 2.75) is 23.9 Å². The van der Waals surface area contributed by atoms with E-state index in [0.29, 0.717) is 12.5 Å². The van der Waals surface area contributed by atoms with Gasteiger partial charge in [-0.25, -0.2) is 4.39 Å². The van der Waals surface area contributed by atoms with Gasteiger partial charge in [-0.1, -0.05) is 0 Å². The van der Waals surface area contributed by atoms with Crippen molar-refractivity contribution >= 4 is 11.8 Å². The van der Waals surface area contributed by atoms with Gasteiger partial charge in [0.05, 0.1) is 7.11 Å². The molecule has 0 spiro atoms. The number of rotatable bonds is 4.